The minimum Gasteiger partial charge on any atom is -0.493 e. The minimum atomic E-state index is -4.74. The van der Waals surface area contributed by atoms with Crippen molar-refractivity contribution in [1.82, 2.24) is 4.98 Å². The van der Waals surface area contributed by atoms with Gasteiger partial charge in [-0.3, -0.25) is 4.79 Å². The molecule has 154 valence electrons. The molecule has 0 fully saturated rings. The summed E-state index contributed by atoms with van der Waals surface area (Å²) in [5.41, 5.74) is -1.27. The number of rotatable bonds is 8. The van der Waals surface area contributed by atoms with Gasteiger partial charge in [0.2, 0.25) is 11.8 Å². The molecule has 0 saturated heterocycles. The lowest BCUT2D eigenvalue weighted by atomic mass is 10.2. The molecular formula is C19H18F3N3O4. The molecule has 2 aromatic rings. The van der Waals surface area contributed by atoms with E-state index in [1.807, 2.05) is 6.07 Å². The molecule has 1 aromatic heterocycles. The Hall–Kier alpha value is -3.48. The number of methoxy groups -OCH3 is 2. The highest BCUT2D eigenvalue weighted by atomic mass is 19.4. The first-order valence-corrected chi connectivity index (χ1v) is 8.41. The molecule has 29 heavy (non-hydrogen) atoms. The van der Waals surface area contributed by atoms with Crippen LogP contribution in [0.3, 0.4) is 0 Å². The van der Waals surface area contributed by atoms with Gasteiger partial charge in [0.05, 0.1) is 38.1 Å². The number of anilines is 1. The van der Waals surface area contributed by atoms with E-state index in [4.69, 9.17) is 19.5 Å². The zero-order chi connectivity index (χ0) is 21.4. The minimum absolute atomic E-state index is 0.0675. The van der Waals surface area contributed by atoms with Crippen LogP contribution in [-0.2, 0) is 11.0 Å². The van der Waals surface area contributed by atoms with E-state index in [0.717, 1.165) is 6.07 Å². The number of alkyl halides is 3. The summed E-state index contributed by atoms with van der Waals surface area (Å²) in [5.74, 6) is -0.0591. The monoisotopic (exact) mass is 409 g/mol. The first kappa shape index (κ1) is 21.8. The van der Waals surface area contributed by atoms with Gasteiger partial charge in [-0.05, 0) is 24.6 Å². The lowest BCUT2D eigenvalue weighted by Crippen LogP contribution is -2.18. The largest absolute Gasteiger partial charge is 0.493 e. The molecule has 0 aliphatic heterocycles. The lowest BCUT2D eigenvalue weighted by Gasteiger charge is -2.14. The Bertz CT molecular complexity index is 911. The van der Waals surface area contributed by atoms with Crippen molar-refractivity contribution < 1.29 is 32.2 Å². The van der Waals surface area contributed by atoms with E-state index >= 15 is 0 Å². The summed E-state index contributed by atoms with van der Waals surface area (Å²) in [6.45, 7) is 0.128. The molecule has 0 aliphatic carbocycles. The Morgan fingerprint density at radius 3 is 2.55 bits per heavy atom. The van der Waals surface area contributed by atoms with Gasteiger partial charge >= 0.3 is 6.18 Å². The molecule has 0 atom stereocenters. The summed E-state index contributed by atoms with van der Waals surface area (Å²) in [5, 5.41) is 11.1. The average Bonchev–Trinajstić information content (AvgIpc) is 2.70. The number of amides is 1. The topological polar surface area (TPSA) is 93.5 Å². The number of hydrogen-bond donors (Lipinski definition) is 1. The number of halogens is 3. The lowest BCUT2D eigenvalue weighted by molar-refractivity contribution is -0.140. The smallest absolute Gasteiger partial charge is 0.435 e. The zero-order valence-corrected chi connectivity index (χ0v) is 15.7. The van der Waals surface area contributed by atoms with Gasteiger partial charge in [-0.2, -0.15) is 18.4 Å². The first-order valence-electron chi connectivity index (χ1n) is 8.41. The van der Waals surface area contributed by atoms with Crippen LogP contribution in [0, 0.1) is 11.3 Å². The molecule has 2 rings (SSSR count). The summed E-state index contributed by atoms with van der Waals surface area (Å²) < 4.78 is 54.7. The molecule has 0 radical (unpaired) electrons. The van der Waals surface area contributed by atoms with Gasteiger partial charge in [0.15, 0.2) is 17.2 Å². The third kappa shape index (κ3) is 6.00. The maximum Gasteiger partial charge on any atom is 0.435 e. The van der Waals surface area contributed by atoms with Crippen molar-refractivity contribution in [3.63, 3.8) is 0 Å². The number of ether oxygens (including phenoxy) is 3. The van der Waals surface area contributed by atoms with Gasteiger partial charge in [-0.1, -0.05) is 0 Å². The number of hydrogen-bond acceptors (Lipinski definition) is 6. The van der Waals surface area contributed by atoms with E-state index in [9.17, 15) is 18.0 Å². The second-order valence-corrected chi connectivity index (χ2v) is 5.73. The summed E-state index contributed by atoms with van der Waals surface area (Å²) in [6.07, 6.45) is -4.56. The normalized spacial score (nSPS) is 10.8. The maximum absolute atomic E-state index is 13.1. The van der Waals surface area contributed by atoms with Crippen LogP contribution in [0.15, 0.2) is 30.3 Å². The molecule has 1 heterocycles. The quantitative estimate of drug-likeness (QED) is 0.667. The van der Waals surface area contributed by atoms with Gasteiger partial charge in [0.25, 0.3) is 0 Å². The number of carbonyl (C=O) groups excluding carboxylic acids is 1. The molecule has 0 saturated carbocycles. The van der Waals surface area contributed by atoms with Gasteiger partial charge in [0.1, 0.15) is 0 Å². The van der Waals surface area contributed by atoms with Crippen molar-refractivity contribution in [1.29, 1.82) is 5.26 Å². The summed E-state index contributed by atoms with van der Waals surface area (Å²) in [4.78, 5) is 15.4. The van der Waals surface area contributed by atoms with Gasteiger partial charge < -0.3 is 19.5 Å². The number of nitrogens with one attached hydrogen (secondary N) is 1. The van der Waals surface area contributed by atoms with Gasteiger partial charge in [0, 0.05) is 18.6 Å². The third-order valence-corrected chi connectivity index (χ3v) is 3.72. The van der Waals surface area contributed by atoms with Crippen LogP contribution in [0.2, 0.25) is 0 Å². The van der Waals surface area contributed by atoms with Crippen LogP contribution in [-0.4, -0.2) is 31.7 Å². The van der Waals surface area contributed by atoms with Crippen molar-refractivity contribution in [3.8, 4) is 23.4 Å². The highest BCUT2D eigenvalue weighted by molar-refractivity contribution is 5.91. The molecule has 0 bridgehead atoms. The average molecular weight is 409 g/mol. The molecular weight excluding hydrogens is 391 g/mol. The van der Waals surface area contributed by atoms with Crippen LogP contribution in [0.4, 0.5) is 18.9 Å². The number of carbonyl (C=O) groups is 1. The molecule has 10 heteroatoms. The highest BCUT2D eigenvalue weighted by Gasteiger charge is 2.36. The van der Waals surface area contributed by atoms with Gasteiger partial charge in [-0.15, -0.1) is 0 Å². The summed E-state index contributed by atoms with van der Waals surface area (Å²) in [7, 11) is 2.63. The first-order chi connectivity index (χ1) is 13.8. The number of nitriles is 1. The van der Waals surface area contributed by atoms with E-state index in [-0.39, 0.29) is 25.3 Å². The molecule has 1 N–H and O–H groups in total. The second-order valence-electron chi connectivity index (χ2n) is 5.73. The SMILES string of the molecule is COc1ccc(NC(=O)CCCOc2ccc(C#N)cc2OC)c(C(F)(F)F)n1. The second kappa shape index (κ2) is 9.64. The van der Waals surface area contributed by atoms with Crippen LogP contribution in [0.5, 0.6) is 17.4 Å². The number of aromatic nitrogens is 1. The number of benzene rings is 1. The predicted molar refractivity (Wildman–Crippen MR) is 96.9 cm³/mol. The van der Waals surface area contributed by atoms with Crippen molar-refractivity contribution in [2.24, 2.45) is 0 Å². The van der Waals surface area contributed by atoms with Crippen molar-refractivity contribution in [3.05, 3.63) is 41.6 Å². The maximum atomic E-state index is 13.1. The number of pyridine rings is 1. The summed E-state index contributed by atoms with van der Waals surface area (Å²) >= 11 is 0. The van der Waals surface area contributed by atoms with E-state index < -0.39 is 23.5 Å². The molecule has 1 aromatic carbocycles. The Balaban J connectivity index is 1.92. The van der Waals surface area contributed by atoms with Crippen molar-refractivity contribution >= 4 is 11.6 Å². The van der Waals surface area contributed by atoms with E-state index in [2.05, 4.69) is 10.3 Å². The number of nitrogens with zero attached hydrogens (tertiary/aromatic N) is 2. The fourth-order valence-electron chi connectivity index (χ4n) is 2.36. The van der Waals surface area contributed by atoms with Crippen LogP contribution in [0.25, 0.3) is 0 Å². The standard InChI is InChI=1S/C19H18F3N3O4/c1-27-15-10-12(11-23)5-7-14(15)29-9-3-4-16(26)24-13-6-8-17(28-2)25-18(13)19(20,21)22/h5-8,10H,3-4,9H2,1-2H3,(H,24,26). The fraction of sp³-hybridized carbons (Fsp3) is 0.316. The van der Waals surface area contributed by atoms with E-state index in [0.29, 0.717) is 17.1 Å². The van der Waals surface area contributed by atoms with Crippen LogP contribution in [0.1, 0.15) is 24.1 Å². The fourth-order valence-corrected chi connectivity index (χ4v) is 2.36. The Morgan fingerprint density at radius 1 is 1.17 bits per heavy atom. The third-order valence-electron chi connectivity index (χ3n) is 3.72. The Morgan fingerprint density at radius 2 is 1.93 bits per heavy atom. The van der Waals surface area contributed by atoms with Crippen molar-refractivity contribution in [2.75, 3.05) is 26.1 Å². The van der Waals surface area contributed by atoms with E-state index in [1.54, 1.807) is 12.1 Å². The van der Waals surface area contributed by atoms with Crippen molar-refractivity contribution in [2.45, 2.75) is 19.0 Å². The Kier molecular flexibility index (Phi) is 7.25. The van der Waals surface area contributed by atoms with Gasteiger partial charge in [-0.25, -0.2) is 4.98 Å². The zero-order valence-electron chi connectivity index (χ0n) is 15.7. The molecule has 0 aliphatic rings. The predicted octanol–water partition coefficient (Wildman–Crippen LogP) is 3.79. The molecule has 7 nitrogen and oxygen atoms in total. The van der Waals surface area contributed by atoms with E-state index in [1.165, 1.54) is 26.4 Å². The Labute approximate surface area is 165 Å². The van der Waals surface area contributed by atoms with Crippen LogP contribution >= 0.6 is 0 Å². The highest BCUT2D eigenvalue weighted by Crippen LogP contribution is 2.34. The van der Waals surface area contributed by atoms with Crippen LogP contribution < -0.4 is 19.5 Å². The molecule has 0 spiro atoms. The summed E-state index contributed by atoms with van der Waals surface area (Å²) in [6, 6.07) is 8.92. The molecule has 1 amide bonds. The molecule has 0 unspecified atom stereocenters.